The fourth-order valence-corrected chi connectivity index (χ4v) is 3.30. The van der Waals surface area contributed by atoms with Gasteiger partial charge in [-0.1, -0.05) is 18.2 Å². The number of nitrogens with zero attached hydrogens (tertiary/aromatic N) is 3. The zero-order valence-corrected chi connectivity index (χ0v) is 14.1. The Morgan fingerprint density at radius 1 is 1.16 bits per heavy atom. The van der Waals surface area contributed by atoms with Crippen LogP contribution in [-0.2, 0) is 11.3 Å². The third kappa shape index (κ3) is 3.14. The van der Waals surface area contributed by atoms with E-state index in [0.717, 1.165) is 11.2 Å². The van der Waals surface area contributed by atoms with Crippen LogP contribution < -0.4 is 0 Å². The summed E-state index contributed by atoms with van der Waals surface area (Å²) >= 11 is 1.26. The number of rotatable bonds is 4. The highest BCUT2D eigenvalue weighted by atomic mass is 32.1. The average molecular weight is 351 g/mol. The Morgan fingerprint density at radius 2 is 2.00 bits per heavy atom. The van der Waals surface area contributed by atoms with Crippen LogP contribution in [0.4, 0.5) is 0 Å². The molecular formula is C18H13N3O3S. The highest BCUT2D eigenvalue weighted by Crippen LogP contribution is 2.27. The van der Waals surface area contributed by atoms with Crippen molar-refractivity contribution in [2.45, 2.75) is 13.5 Å². The van der Waals surface area contributed by atoms with Crippen LogP contribution in [0.1, 0.15) is 21.3 Å². The molecule has 0 saturated carbocycles. The number of esters is 1. The number of hydrogen-bond donors (Lipinski definition) is 0. The monoisotopic (exact) mass is 351 g/mol. The van der Waals surface area contributed by atoms with Crippen LogP contribution in [0.5, 0.6) is 0 Å². The van der Waals surface area contributed by atoms with Crippen molar-refractivity contribution in [3.8, 4) is 10.7 Å². The second-order valence-corrected chi connectivity index (χ2v) is 6.30. The number of hydrogen-bond acceptors (Lipinski definition) is 7. The SMILES string of the molecule is Cc1nc(-c2ccccn2)sc1C(=O)OCc1nc2ccccc2o1. The molecule has 0 bridgehead atoms. The van der Waals surface area contributed by atoms with Crippen molar-refractivity contribution in [1.29, 1.82) is 0 Å². The fraction of sp³-hybridized carbons (Fsp3) is 0.111. The Labute approximate surface area is 147 Å². The molecule has 25 heavy (non-hydrogen) atoms. The van der Waals surface area contributed by atoms with E-state index in [-0.39, 0.29) is 6.61 Å². The molecule has 0 atom stereocenters. The second kappa shape index (κ2) is 6.45. The smallest absolute Gasteiger partial charge is 0.350 e. The van der Waals surface area contributed by atoms with Gasteiger partial charge in [0.05, 0.1) is 11.4 Å². The van der Waals surface area contributed by atoms with E-state index < -0.39 is 5.97 Å². The lowest BCUT2D eigenvalue weighted by atomic mass is 10.3. The van der Waals surface area contributed by atoms with E-state index in [2.05, 4.69) is 15.0 Å². The molecule has 7 heteroatoms. The van der Waals surface area contributed by atoms with E-state index in [1.165, 1.54) is 11.3 Å². The predicted octanol–water partition coefficient (Wildman–Crippen LogP) is 4.01. The Hall–Kier alpha value is -3.06. The van der Waals surface area contributed by atoms with Crippen LogP contribution in [0, 0.1) is 6.92 Å². The highest BCUT2D eigenvalue weighted by Gasteiger charge is 2.19. The lowest BCUT2D eigenvalue weighted by Crippen LogP contribution is -2.05. The summed E-state index contributed by atoms with van der Waals surface area (Å²) in [5.41, 5.74) is 2.75. The number of oxazole rings is 1. The molecule has 4 rings (SSSR count). The zero-order chi connectivity index (χ0) is 17.2. The second-order valence-electron chi connectivity index (χ2n) is 5.30. The molecular weight excluding hydrogens is 338 g/mol. The Bertz CT molecular complexity index is 1010. The molecule has 1 aromatic carbocycles. The van der Waals surface area contributed by atoms with Gasteiger partial charge in [0.15, 0.2) is 12.2 Å². The Morgan fingerprint density at radius 3 is 2.80 bits per heavy atom. The minimum atomic E-state index is -0.445. The quantitative estimate of drug-likeness (QED) is 0.517. The van der Waals surface area contributed by atoms with Gasteiger partial charge >= 0.3 is 5.97 Å². The molecule has 4 aromatic rings. The molecule has 0 radical (unpaired) electrons. The third-order valence-corrected chi connectivity index (χ3v) is 4.69. The predicted molar refractivity (Wildman–Crippen MR) is 93.2 cm³/mol. The van der Waals surface area contributed by atoms with Crippen LogP contribution >= 0.6 is 11.3 Å². The van der Waals surface area contributed by atoms with Crippen LogP contribution in [-0.4, -0.2) is 20.9 Å². The molecule has 0 N–H and O–H groups in total. The molecule has 0 amide bonds. The van der Waals surface area contributed by atoms with Gasteiger partial charge < -0.3 is 9.15 Å². The number of carbonyl (C=O) groups is 1. The first kappa shape index (κ1) is 15.5. The van der Waals surface area contributed by atoms with E-state index in [1.54, 1.807) is 13.1 Å². The molecule has 0 aliphatic heterocycles. The summed E-state index contributed by atoms with van der Waals surface area (Å²) in [5.74, 6) is -0.0823. The van der Waals surface area contributed by atoms with Crippen molar-refractivity contribution in [2.75, 3.05) is 0 Å². The summed E-state index contributed by atoms with van der Waals surface area (Å²) in [6, 6.07) is 13.0. The number of aromatic nitrogens is 3. The van der Waals surface area contributed by atoms with Crippen LogP contribution in [0.15, 0.2) is 53.1 Å². The molecule has 3 heterocycles. The molecule has 0 aliphatic carbocycles. The van der Waals surface area contributed by atoms with Crippen LogP contribution in [0.2, 0.25) is 0 Å². The van der Waals surface area contributed by atoms with E-state index >= 15 is 0 Å². The third-order valence-electron chi connectivity index (χ3n) is 3.53. The molecule has 6 nitrogen and oxygen atoms in total. The van der Waals surface area contributed by atoms with Crippen molar-refractivity contribution in [2.24, 2.45) is 0 Å². The number of para-hydroxylation sites is 2. The van der Waals surface area contributed by atoms with Gasteiger partial charge in [0.2, 0.25) is 5.89 Å². The maximum absolute atomic E-state index is 12.4. The van der Waals surface area contributed by atoms with Gasteiger partial charge in [-0.2, -0.15) is 0 Å². The summed E-state index contributed by atoms with van der Waals surface area (Å²) in [7, 11) is 0. The molecule has 3 aromatic heterocycles. The van der Waals surface area contributed by atoms with Gasteiger partial charge in [0, 0.05) is 6.20 Å². The zero-order valence-electron chi connectivity index (χ0n) is 13.3. The standard InChI is InChI=1S/C18H13N3O3S/c1-11-16(25-17(20-11)13-7-4-5-9-19-13)18(22)23-10-15-21-12-6-2-3-8-14(12)24-15/h2-9H,10H2,1H3. The van der Waals surface area contributed by atoms with Gasteiger partial charge in [-0.05, 0) is 31.2 Å². The molecule has 0 saturated heterocycles. The largest absolute Gasteiger partial charge is 0.451 e. The number of aryl methyl sites for hydroxylation is 1. The minimum absolute atomic E-state index is 0.0240. The maximum Gasteiger partial charge on any atom is 0.350 e. The minimum Gasteiger partial charge on any atom is -0.451 e. The Kier molecular flexibility index (Phi) is 3.99. The van der Waals surface area contributed by atoms with Gasteiger partial charge in [-0.15, -0.1) is 11.3 Å². The molecule has 124 valence electrons. The molecule has 0 spiro atoms. The van der Waals surface area contributed by atoms with Crippen molar-refractivity contribution in [3.05, 3.63) is 65.1 Å². The molecule has 0 unspecified atom stereocenters. The first-order valence-corrected chi connectivity index (χ1v) is 8.43. The summed E-state index contributed by atoms with van der Waals surface area (Å²) in [6.45, 7) is 1.75. The van der Waals surface area contributed by atoms with Gasteiger partial charge in [0.25, 0.3) is 0 Å². The first-order chi connectivity index (χ1) is 12.2. The van der Waals surface area contributed by atoms with Gasteiger partial charge in [-0.3, -0.25) is 4.98 Å². The normalized spacial score (nSPS) is 10.9. The molecule has 0 fully saturated rings. The van der Waals surface area contributed by atoms with Crippen LogP contribution in [0.25, 0.3) is 21.8 Å². The van der Waals surface area contributed by atoms with Crippen molar-refractivity contribution >= 4 is 28.4 Å². The van der Waals surface area contributed by atoms with E-state index in [4.69, 9.17) is 9.15 Å². The molecule has 0 aliphatic rings. The lowest BCUT2D eigenvalue weighted by Gasteiger charge is -1.99. The average Bonchev–Trinajstić information content (AvgIpc) is 3.23. The maximum atomic E-state index is 12.4. The summed E-state index contributed by atoms with van der Waals surface area (Å²) in [6.07, 6.45) is 1.69. The van der Waals surface area contributed by atoms with Crippen molar-refractivity contribution < 1.29 is 13.9 Å². The van der Waals surface area contributed by atoms with Crippen molar-refractivity contribution in [3.63, 3.8) is 0 Å². The number of fused-ring (bicyclic) bond motifs is 1. The Balaban J connectivity index is 1.50. The summed E-state index contributed by atoms with van der Waals surface area (Å²) in [5, 5.41) is 0.687. The summed E-state index contributed by atoms with van der Waals surface area (Å²) in [4.78, 5) is 25.8. The lowest BCUT2D eigenvalue weighted by molar-refractivity contribution is 0.0445. The van der Waals surface area contributed by atoms with Gasteiger partial charge in [0.1, 0.15) is 15.4 Å². The van der Waals surface area contributed by atoms with Crippen LogP contribution in [0.3, 0.4) is 0 Å². The number of thiazole rings is 1. The summed E-state index contributed by atoms with van der Waals surface area (Å²) < 4.78 is 10.9. The number of pyridine rings is 1. The number of ether oxygens (including phenoxy) is 1. The number of benzene rings is 1. The highest BCUT2D eigenvalue weighted by molar-refractivity contribution is 7.17. The first-order valence-electron chi connectivity index (χ1n) is 7.61. The van der Waals surface area contributed by atoms with E-state index in [1.807, 2.05) is 42.5 Å². The topological polar surface area (TPSA) is 78.1 Å². The number of carbonyl (C=O) groups excluding carboxylic acids is 1. The fourth-order valence-electron chi connectivity index (χ4n) is 2.36. The van der Waals surface area contributed by atoms with Gasteiger partial charge in [-0.25, -0.2) is 14.8 Å². The van der Waals surface area contributed by atoms with E-state index in [9.17, 15) is 4.79 Å². The van der Waals surface area contributed by atoms with E-state index in [0.29, 0.717) is 27.1 Å². The van der Waals surface area contributed by atoms with Crippen molar-refractivity contribution in [1.82, 2.24) is 15.0 Å².